The van der Waals surface area contributed by atoms with Crippen LogP contribution in [-0.2, 0) is 4.74 Å². The van der Waals surface area contributed by atoms with Crippen molar-refractivity contribution in [2.45, 2.75) is 32.0 Å². The Morgan fingerprint density at radius 1 is 1.45 bits per heavy atom. The van der Waals surface area contributed by atoms with Gasteiger partial charge < -0.3 is 4.74 Å². The molecule has 66 valence electrons. The maximum atomic E-state index is 12.9. The molecule has 1 aliphatic heterocycles. The van der Waals surface area contributed by atoms with Crippen molar-refractivity contribution in [2.24, 2.45) is 0 Å². The van der Waals surface area contributed by atoms with E-state index in [9.17, 15) is 8.78 Å². The lowest BCUT2D eigenvalue weighted by Crippen LogP contribution is -2.56. The van der Waals surface area contributed by atoms with Crippen molar-refractivity contribution in [1.82, 2.24) is 4.90 Å². The first-order valence-corrected chi connectivity index (χ1v) is 3.66. The van der Waals surface area contributed by atoms with Crippen LogP contribution < -0.4 is 0 Å². The zero-order chi connectivity index (χ0) is 8.65. The topological polar surface area (TPSA) is 12.5 Å². The average Bonchev–Trinajstić information content (AvgIpc) is 1.95. The molecule has 0 amide bonds. The highest BCUT2D eigenvalue weighted by molar-refractivity contribution is 4.84. The van der Waals surface area contributed by atoms with E-state index >= 15 is 0 Å². The van der Waals surface area contributed by atoms with E-state index in [0.717, 1.165) is 0 Å². The van der Waals surface area contributed by atoms with E-state index in [0.29, 0.717) is 0 Å². The van der Waals surface area contributed by atoms with Crippen LogP contribution in [0.1, 0.15) is 13.8 Å². The molecule has 1 rings (SSSR count). The summed E-state index contributed by atoms with van der Waals surface area (Å²) in [5.41, 5.74) is 0. The fraction of sp³-hybridized carbons (Fsp3) is 1.00. The number of hydrogen-bond donors (Lipinski definition) is 0. The molecule has 0 aromatic rings. The SMILES string of the molecule is CC1OCC(F)(F)[C@H](C)N1C. The van der Waals surface area contributed by atoms with Crippen molar-refractivity contribution in [3.8, 4) is 0 Å². The van der Waals surface area contributed by atoms with Gasteiger partial charge in [0.1, 0.15) is 12.8 Å². The summed E-state index contributed by atoms with van der Waals surface area (Å²) in [6, 6.07) is -0.730. The number of alkyl halides is 2. The van der Waals surface area contributed by atoms with Crippen LogP contribution in [0, 0.1) is 0 Å². The van der Waals surface area contributed by atoms with Crippen molar-refractivity contribution in [1.29, 1.82) is 0 Å². The van der Waals surface area contributed by atoms with E-state index in [2.05, 4.69) is 0 Å². The molecule has 0 bridgehead atoms. The Balaban J connectivity index is 2.67. The molecule has 4 heteroatoms. The van der Waals surface area contributed by atoms with Crippen LogP contribution >= 0.6 is 0 Å². The van der Waals surface area contributed by atoms with Gasteiger partial charge in [-0.25, -0.2) is 8.78 Å². The second-order valence-electron chi connectivity index (χ2n) is 3.01. The maximum Gasteiger partial charge on any atom is 0.285 e. The standard InChI is InChI=1S/C7H13F2NO/c1-5-7(8,9)4-11-6(2)10(5)3/h5-6H,4H2,1-3H3/t5-,6?/m0/s1. The minimum absolute atomic E-state index is 0.204. The summed E-state index contributed by atoms with van der Waals surface area (Å²) in [7, 11) is 1.64. The molecular weight excluding hydrogens is 152 g/mol. The van der Waals surface area contributed by atoms with Crippen molar-refractivity contribution in [2.75, 3.05) is 13.7 Å². The van der Waals surface area contributed by atoms with Crippen molar-refractivity contribution >= 4 is 0 Å². The molecule has 1 aliphatic rings. The predicted molar refractivity (Wildman–Crippen MR) is 37.6 cm³/mol. The highest BCUT2D eigenvalue weighted by atomic mass is 19.3. The molecule has 2 atom stereocenters. The molecule has 0 aliphatic carbocycles. The Kier molecular flexibility index (Phi) is 2.16. The monoisotopic (exact) mass is 165 g/mol. The normalized spacial score (nSPS) is 39.0. The fourth-order valence-corrected chi connectivity index (χ4v) is 1.08. The van der Waals surface area contributed by atoms with Crippen molar-refractivity contribution < 1.29 is 13.5 Å². The third kappa shape index (κ3) is 1.51. The van der Waals surface area contributed by atoms with Gasteiger partial charge in [0.05, 0.1) is 6.04 Å². The van der Waals surface area contributed by atoms with Crippen LogP contribution in [0.5, 0.6) is 0 Å². The number of halogens is 2. The molecule has 1 unspecified atom stereocenters. The summed E-state index contributed by atoms with van der Waals surface area (Å²) in [5, 5.41) is 0. The summed E-state index contributed by atoms with van der Waals surface area (Å²) in [5.74, 6) is -2.71. The predicted octanol–water partition coefficient (Wildman–Crippen LogP) is 1.32. The Labute approximate surface area is 65.1 Å². The van der Waals surface area contributed by atoms with Gasteiger partial charge >= 0.3 is 0 Å². The molecular formula is C7H13F2NO. The number of ether oxygens (including phenoxy) is 1. The lowest BCUT2D eigenvalue weighted by atomic mass is 10.1. The van der Waals surface area contributed by atoms with Gasteiger partial charge in [0.25, 0.3) is 5.92 Å². The first-order valence-electron chi connectivity index (χ1n) is 3.66. The van der Waals surface area contributed by atoms with Crippen LogP contribution in [0.3, 0.4) is 0 Å². The van der Waals surface area contributed by atoms with E-state index in [4.69, 9.17) is 4.74 Å². The van der Waals surface area contributed by atoms with E-state index in [-0.39, 0.29) is 6.23 Å². The van der Waals surface area contributed by atoms with E-state index in [1.54, 1.807) is 14.0 Å². The van der Waals surface area contributed by atoms with E-state index in [1.165, 1.54) is 11.8 Å². The number of nitrogens with zero attached hydrogens (tertiary/aromatic N) is 1. The first-order chi connectivity index (χ1) is 4.95. The molecule has 0 N–H and O–H groups in total. The quantitative estimate of drug-likeness (QED) is 0.536. The fourth-order valence-electron chi connectivity index (χ4n) is 1.08. The van der Waals surface area contributed by atoms with Crippen molar-refractivity contribution in [3.63, 3.8) is 0 Å². The van der Waals surface area contributed by atoms with Crippen LogP contribution in [0.2, 0.25) is 0 Å². The summed E-state index contributed by atoms with van der Waals surface area (Å²) < 4.78 is 30.6. The van der Waals surface area contributed by atoms with Gasteiger partial charge in [-0.05, 0) is 20.9 Å². The summed E-state index contributed by atoms with van der Waals surface area (Å²) in [6.07, 6.45) is -0.204. The zero-order valence-electron chi connectivity index (χ0n) is 6.97. The van der Waals surface area contributed by atoms with Crippen LogP contribution in [0.4, 0.5) is 8.78 Å². The lowest BCUT2D eigenvalue weighted by Gasteiger charge is -2.40. The third-order valence-electron chi connectivity index (χ3n) is 2.31. The second-order valence-corrected chi connectivity index (χ2v) is 3.01. The van der Waals surface area contributed by atoms with Gasteiger partial charge in [-0.3, -0.25) is 4.90 Å². The number of rotatable bonds is 0. The summed E-state index contributed by atoms with van der Waals surface area (Å²) in [6.45, 7) is 2.82. The van der Waals surface area contributed by atoms with Crippen LogP contribution in [0.25, 0.3) is 0 Å². The lowest BCUT2D eigenvalue weighted by molar-refractivity contribution is -0.221. The zero-order valence-corrected chi connectivity index (χ0v) is 6.97. The van der Waals surface area contributed by atoms with Crippen LogP contribution in [0.15, 0.2) is 0 Å². The summed E-state index contributed by atoms with van der Waals surface area (Å²) in [4.78, 5) is 1.53. The average molecular weight is 165 g/mol. The maximum absolute atomic E-state index is 12.9. The van der Waals surface area contributed by atoms with Gasteiger partial charge in [-0.1, -0.05) is 0 Å². The first kappa shape index (κ1) is 8.87. The van der Waals surface area contributed by atoms with Gasteiger partial charge in [0.15, 0.2) is 0 Å². The van der Waals surface area contributed by atoms with E-state index < -0.39 is 18.6 Å². The largest absolute Gasteiger partial charge is 0.357 e. The molecule has 0 aromatic carbocycles. The van der Waals surface area contributed by atoms with Gasteiger partial charge in [-0.15, -0.1) is 0 Å². The molecule has 0 radical (unpaired) electrons. The summed E-state index contributed by atoms with van der Waals surface area (Å²) >= 11 is 0. The molecule has 0 spiro atoms. The van der Waals surface area contributed by atoms with E-state index in [1.807, 2.05) is 0 Å². The molecule has 2 nitrogen and oxygen atoms in total. The highest BCUT2D eigenvalue weighted by Gasteiger charge is 2.44. The van der Waals surface area contributed by atoms with Gasteiger partial charge in [0.2, 0.25) is 0 Å². The molecule has 1 fully saturated rings. The Bertz CT molecular complexity index is 151. The molecule has 0 saturated carbocycles. The van der Waals surface area contributed by atoms with Gasteiger partial charge in [0, 0.05) is 0 Å². The smallest absolute Gasteiger partial charge is 0.285 e. The Hall–Kier alpha value is -0.220. The van der Waals surface area contributed by atoms with Crippen LogP contribution in [-0.4, -0.2) is 36.7 Å². The molecule has 11 heavy (non-hydrogen) atoms. The molecule has 1 saturated heterocycles. The third-order valence-corrected chi connectivity index (χ3v) is 2.31. The minimum Gasteiger partial charge on any atom is -0.357 e. The Morgan fingerprint density at radius 3 is 2.45 bits per heavy atom. The van der Waals surface area contributed by atoms with Gasteiger partial charge in [-0.2, -0.15) is 0 Å². The second kappa shape index (κ2) is 2.68. The molecule has 0 aromatic heterocycles. The number of hydrogen-bond acceptors (Lipinski definition) is 2. The molecule has 1 heterocycles. The Morgan fingerprint density at radius 2 is 2.00 bits per heavy atom. The van der Waals surface area contributed by atoms with Crippen molar-refractivity contribution in [3.05, 3.63) is 0 Å². The highest BCUT2D eigenvalue weighted by Crippen LogP contribution is 2.28. The minimum atomic E-state index is -2.71.